The zero-order valence-electron chi connectivity index (χ0n) is 19.5. The number of carbonyl (C=O) groups is 2. The molecule has 2 unspecified atom stereocenters. The summed E-state index contributed by atoms with van der Waals surface area (Å²) < 4.78 is 0. The molecule has 0 aliphatic carbocycles. The molecule has 0 radical (unpaired) electrons. The second-order valence-corrected chi connectivity index (χ2v) is 8.93. The smallest absolute Gasteiger partial charge is 0.339 e. The zero-order chi connectivity index (χ0) is 24.2. The second-order valence-electron chi connectivity index (χ2n) is 8.93. The van der Waals surface area contributed by atoms with E-state index in [-0.39, 0.29) is 29.1 Å². The molecule has 4 rings (SSSR count). The van der Waals surface area contributed by atoms with E-state index in [0.717, 1.165) is 36.5 Å². The molecular formula is C27H29N3O4. The van der Waals surface area contributed by atoms with Crippen LogP contribution in [-0.4, -0.2) is 70.4 Å². The zero-order valence-corrected chi connectivity index (χ0v) is 19.5. The summed E-state index contributed by atoms with van der Waals surface area (Å²) in [6.45, 7) is 7.60. The first kappa shape index (κ1) is 23.4. The molecule has 0 bridgehead atoms. The quantitative estimate of drug-likeness (QED) is 0.673. The number of piperazine rings is 1. The van der Waals surface area contributed by atoms with E-state index in [2.05, 4.69) is 23.7 Å². The molecule has 0 aromatic heterocycles. The van der Waals surface area contributed by atoms with E-state index < -0.39 is 5.97 Å². The van der Waals surface area contributed by atoms with E-state index in [4.69, 9.17) is 10.1 Å². The van der Waals surface area contributed by atoms with Crippen LogP contribution < -0.4 is 0 Å². The Hall–Kier alpha value is -3.79. The number of aryl methyl sites for hydroxylation is 1. The summed E-state index contributed by atoms with van der Waals surface area (Å²) >= 11 is 0. The molecule has 1 fully saturated rings. The van der Waals surface area contributed by atoms with Crippen LogP contribution in [0.2, 0.25) is 0 Å². The predicted molar refractivity (Wildman–Crippen MR) is 130 cm³/mol. The Morgan fingerprint density at radius 1 is 1.06 bits per heavy atom. The molecule has 0 saturated carbocycles. The summed E-state index contributed by atoms with van der Waals surface area (Å²) in [4.78, 5) is 33.1. The first-order chi connectivity index (χ1) is 16.3. The number of aromatic hydroxyl groups is 1. The number of nitrogens with zero attached hydrogens (tertiary/aromatic N) is 3. The largest absolute Gasteiger partial charge is 0.507 e. The van der Waals surface area contributed by atoms with Crippen LogP contribution in [0.25, 0.3) is 0 Å². The molecule has 1 amide bonds. The fraction of sp³-hybridized carbons (Fsp3) is 0.370. The number of aliphatic imine (C=N–C) groups is 1. The molecule has 34 heavy (non-hydrogen) atoms. The monoisotopic (exact) mass is 459 g/mol. The van der Waals surface area contributed by atoms with E-state index >= 15 is 0 Å². The Kier molecular flexibility index (Phi) is 6.87. The van der Waals surface area contributed by atoms with Gasteiger partial charge in [0, 0.05) is 49.1 Å². The summed E-state index contributed by atoms with van der Waals surface area (Å²) in [6, 6.07) is 12.1. The van der Waals surface area contributed by atoms with Crippen molar-refractivity contribution in [3.8, 4) is 17.6 Å². The lowest BCUT2D eigenvalue weighted by molar-refractivity contribution is 0.0681. The van der Waals surface area contributed by atoms with Crippen LogP contribution in [0.5, 0.6) is 5.75 Å². The number of rotatable bonds is 2. The van der Waals surface area contributed by atoms with E-state index in [0.29, 0.717) is 25.2 Å². The van der Waals surface area contributed by atoms with Crippen molar-refractivity contribution in [2.45, 2.75) is 20.3 Å². The number of carbonyl (C=O) groups excluding carboxylic acids is 1. The highest BCUT2D eigenvalue weighted by molar-refractivity contribution is 5.96. The Morgan fingerprint density at radius 2 is 1.79 bits per heavy atom. The fourth-order valence-electron chi connectivity index (χ4n) is 4.57. The van der Waals surface area contributed by atoms with Gasteiger partial charge in [-0.25, -0.2) is 4.79 Å². The maximum atomic E-state index is 12.9. The molecule has 2 heterocycles. The highest BCUT2D eigenvalue weighted by atomic mass is 16.4. The Morgan fingerprint density at radius 3 is 2.47 bits per heavy atom. The standard InChI is InChI=1S/C27H29N3O4/c1-18-5-3-4-6-22(18)26(32)30-13-11-29(12-14-30)25-19(2)15-21(17-28-25)8-7-20-9-10-24(31)23(16-20)27(33)34/h3-6,9-10,16,19,21,31H,11-15,17H2,1-2H3,(H,33,34). The van der Waals surface area contributed by atoms with E-state index in [9.17, 15) is 14.7 Å². The number of aromatic carboxylic acids is 1. The molecule has 2 atom stereocenters. The molecule has 1 saturated heterocycles. The average Bonchev–Trinajstić information content (AvgIpc) is 2.83. The van der Waals surface area contributed by atoms with Gasteiger partial charge in [-0.3, -0.25) is 9.79 Å². The van der Waals surface area contributed by atoms with Crippen molar-refractivity contribution in [1.29, 1.82) is 0 Å². The summed E-state index contributed by atoms with van der Waals surface area (Å²) in [5, 5.41) is 18.8. The van der Waals surface area contributed by atoms with E-state index in [1.807, 2.05) is 36.1 Å². The molecule has 7 heteroatoms. The first-order valence-corrected chi connectivity index (χ1v) is 11.6. The summed E-state index contributed by atoms with van der Waals surface area (Å²) in [6.07, 6.45) is 0.873. The molecule has 2 aromatic carbocycles. The maximum Gasteiger partial charge on any atom is 0.339 e. The van der Waals surface area contributed by atoms with Crippen LogP contribution in [0.3, 0.4) is 0 Å². The molecule has 176 valence electrons. The minimum absolute atomic E-state index is 0.0877. The molecule has 2 aliphatic heterocycles. The van der Waals surface area contributed by atoms with Crippen molar-refractivity contribution in [3.63, 3.8) is 0 Å². The lowest BCUT2D eigenvalue weighted by atomic mass is 9.91. The third kappa shape index (κ3) is 5.07. The number of amidine groups is 1. The average molecular weight is 460 g/mol. The van der Waals surface area contributed by atoms with Gasteiger partial charge < -0.3 is 20.0 Å². The van der Waals surface area contributed by atoms with Crippen LogP contribution >= 0.6 is 0 Å². The van der Waals surface area contributed by atoms with Crippen molar-refractivity contribution >= 4 is 17.7 Å². The van der Waals surface area contributed by atoms with Gasteiger partial charge in [0.15, 0.2) is 0 Å². The number of benzene rings is 2. The van der Waals surface area contributed by atoms with Gasteiger partial charge >= 0.3 is 5.97 Å². The number of phenols is 1. The molecule has 7 nitrogen and oxygen atoms in total. The predicted octanol–water partition coefficient (Wildman–Crippen LogP) is 3.26. The number of hydrogen-bond donors (Lipinski definition) is 2. The summed E-state index contributed by atoms with van der Waals surface area (Å²) in [7, 11) is 0. The molecule has 0 spiro atoms. The summed E-state index contributed by atoms with van der Waals surface area (Å²) in [5.41, 5.74) is 2.18. The number of amides is 1. The van der Waals surface area contributed by atoms with Gasteiger partial charge in [0.1, 0.15) is 17.1 Å². The molecular weight excluding hydrogens is 430 g/mol. The first-order valence-electron chi connectivity index (χ1n) is 11.6. The van der Waals surface area contributed by atoms with Crippen LogP contribution in [0, 0.1) is 30.6 Å². The molecule has 2 aromatic rings. The topological polar surface area (TPSA) is 93.4 Å². The van der Waals surface area contributed by atoms with Crippen LogP contribution in [0.1, 0.15) is 45.2 Å². The van der Waals surface area contributed by atoms with Gasteiger partial charge in [0.2, 0.25) is 0 Å². The van der Waals surface area contributed by atoms with Gasteiger partial charge in [0.05, 0.1) is 6.54 Å². The van der Waals surface area contributed by atoms with E-state index in [1.54, 1.807) is 6.07 Å². The number of carboxylic acid groups (broad SMARTS) is 1. The number of carboxylic acids is 1. The lowest BCUT2D eigenvalue weighted by Gasteiger charge is -2.40. The van der Waals surface area contributed by atoms with Gasteiger partial charge in [-0.05, 0) is 43.2 Å². The maximum absolute atomic E-state index is 12.9. The van der Waals surface area contributed by atoms with Crippen molar-refractivity contribution in [2.75, 3.05) is 32.7 Å². The summed E-state index contributed by atoms with van der Waals surface area (Å²) in [5.74, 6) is 6.33. The minimum atomic E-state index is -1.18. The van der Waals surface area contributed by atoms with Crippen LogP contribution in [0.4, 0.5) is 0 Å². The van der Waals surface area contributed by atoms with Gasteiger partial charge in [-0.1, -0.05) is 37.0 Å². The van der Waals surface area contributed by atoms with Crippen molar-refractivity contribution < 1.29 is 19.8 Å². The van der Waals surface area contributed by atoms with Crippen molar-refractivity contribution in [1.82, 2.24) is 9.80 Å². The Balaban J connectivity index is 1.36. The normalized spacial score (nSPS) is 20.2. The Labute approximate surface area is 199 Å². The lowest BCUT2D eigenvalue weighted by Crippen LogP contribution is -2.52. The molecule has 2 aliphatic rings. The molecule has 2 N–H and O–H groups in total. The second kappa shape index (κ2) is 10.0. The van der Waals surface area contributed by atoms with Crippen LogP contribution in [-0.2, 0) is 0 Å². The van der Waals surface area contributed by atoms with Gasteiger partial charge in [0.25, 0.3) is 5.91 Å². The Bertz CT molecular complexity index is 1190. The SMILES string of the molecule is Cc1ccccc1C(=O)N1CCN(C2=NCC(C#Cc3ccc(O)c(C(=O)O)c3)CC2C)CC1. The van der Waals surface area contributed by atoms with Gasteiger partial charge in [-0.2, -0.15) is 0 Å². The highest BCUT2D eigenvalue weighted by Gasteiger charge is 2.29. The van der Waals surface area contributed by atoms with E-state index in [1.165, 1.54) is 12.1 Å². The van der Waals surface area contributed by atoms with Crippen molar-refractivity contribution in [2.24, 2.45) is 16.8 Å². The van der Waals surface area contributed by atoms with Crippen LogP contribution in [0.15, 0.2) is 47.5 Å². The van der Waals surface area contributed by atoms with Gasteiger partial charge in [-0.15, -0.1) is 0 Å². The third-order valence-electron chi connectivity index (χ3n) is 6.47. The third-order valence-corrected chi connectivity index (χ3v) is 6.47. The number of hydrogen-bond acceptors (Lipinski definition) is 5. The highest BCUT2D eigenvalue weighted by Crippen LogP contribution is 2.24. The van der Waals surface area contributed by atoms with Crippen molar-refractivity contribution in [3.05, 3.63) is 64.7 Å². The fourth-order valence-corrected chi connectivity index (χ4v) is 4.57. The minimum Gasteiger partial charge on any atom is -0.507 e.